The smallest absolute Gasteiger partial charge is 0.231 e. The summed E-state index contributed by atoms with van der Waals surface area (Å²) in [6, 6.07) is 13.8. The molecule has 5 rings (SSSR count). The first kappa shape index (κ1) is 18.9. The number of benzene rings is 1. The third-order valence-electron chi connectivity index (χ3n) is 5.52. The number of aromatic nitrogens is 2. The van der Waals surface area contributed by atoms with Gasteiger partial charge in [0.15, 0.2) is 17.3 Å². The zero-order valence-electron chi connectivity index (χ0n) is 16.4. The average molecular weight is 423 g/mol. The van der Waals surface area contributed by atoms with Gasteiger partial charge in [0.1, 0.15) is 5.69 Å². The van der Waals surface area contributed by atoms with Crippen molar-refractivity contribution in [3.8, 4) is 22.1 Å². The molecule has 2 aliphatic rings. The van der Waals surface area contributed by atoms with Crippen molar-refractivity contribution in [1.82, 2.24) is 15.5 Å². The first-order valence-electron chi connectivity index (χ1n) is 10.0. The molecule has 8 heteroatoms. The third kappa shape index (κ3) is 3.95. The molecule has 1 fully saturated rings. The molecular formula is C22H22N4O3S. The maximum Gasteiger partial charge on any atom is 0.231 e. The second-order valence-electron chi connectivity index (χ2n) is 7.42. The van der Waals surface area contributed by atoms with Gasteiger partial charge >= 0.3 is 0 Å². The number of anilines is 1. The monoisotopic (exact) mass is 422 g/mol. The molecule has 4 heterocycles. The summed E-state index contributed by atoms with van der Waals surface area (Å²) in [4.78, 5) is 15.9. The molecule has 0 saturated carbocycles. The van der Waals surface area contributed by atoms with E-state index in [9.17, 15) is 4.79 Å². The number of nitrogens with zero attached hydrogens (tertiary/aromatic N) is 3. The highest BCUT2D eigenvalue weighted by Crippen LogP contribution is 2.32. The zero-order valence-corrected chi connectivity index (χ0v) is 17.2. The highest BCUT2D eigenvalue weighted by Gasteiger charge is 2.26. The molecule has 1 amide bonds. The Balaban J connectivity index is 1.12. The fourth-order valence-corrected chi connectivity index (χ4v) is 4.50. The quantitative estimate of drug-likeness (QED) is 0.679. The minimum absolute atomic E-state index is 0.0219. The van der Waals surface area contributed by atoms with Gasteiger partial charge in [0.2, 0.25) is 12.7 Å². The molecule has 0 radical (unpaired) electrons. The number of rotatable bonds is 5. The van der Waals surface area contributed by atoms with Crippen LogP contribution in [0, 0.1) is 5.92 Å². The van der Waals surface area contributed by atoms with Gasteiger partial charge in [-0.15, -0.1) is 21.5 Å². The van der Waals surface area contributed by atoms with Crippen LogP contribution in [0.15, 0.2) is 47.8 Å². The van der Waals surface area contributed by atoms with E-state index in [2.05, 4.69) is 20.4 Å². The molecule has 3 aromatic rings. The second kappa shape index (κ2) is 8.31. The molecule has 2 aromatic heterocycles. The van der Waals surface area contributed by atoms with Gasteiger partial charge in [0.25, 0.3) is 0 Å². The summed E-state index contributed by atoms with van der Waals surface area (Å²) in [6.45, 7) is 2.35. The summed E-state index contributed by atoms with van der Waals surface area (Å²) >= 11 is 1.66. The van der Waals surface area contributed by atoms with Crippen LogP contribution in [0.25, 0.3) is 10.6 Å². The number of piperidine rings is 1. The van der Waals surface area contributed by atoms with E-state index in [1.165, 1.54) is 0 Å². The standard InChI is InChI=1S/C22H22N4O3S/c27-22(23-13-15-3-5-18-19(12-15)29-14-28-18)16-7-9-26(10-8-16)21-6-4-17(24-25-21)20-2-1-11-30-20/h1-6,11-12,16H,7-10,13-14H2,(H,23,27). The Bertz CT molecular complexity index is 1020. The molecule has 0 aliphatic carbocycles. The molecular weight excluding hydrogens is 400 g/mol. The summed E-state index contributed by atoms with van der Waals surface area (Å²) in [5.41, 5.74) is 1.90. The molecule has 0 spiro atoms. The fourth-order valence-electron chi connectivity index (χ4n) is 3.80. The highest BCUT2D eigenvalue weighted by molar-refractivity contribution is 7.13. The predicted octanol–water partition coefficient (Wildman–Crippen LogP) is 3.47. The van der Waals surface area contributed by atoms with Gasteiger partial charge < -0.3 is 19.7 Å². The number of hydrogen-bond acceptors (Lipinski definition) is 7. The van der Waals surface area contributed by atoms with Crippen LogP contribution in [0.2, 0.25) is 0 Å². The summed E-state index contributed by atoms with van der Waals surface area (Å²) in [5, 5.41) is 13.8. The van der Waals surface area contributed by atoms with E-state index < -0.39 is 0 Å². The molecule has 0 unspecified atom stereocenters. The minimum atomic E-state index is 0.0219. The summed E-state index contributed by atoms with van der Waals surface area (Å²) in [6.07, 6.45) is 1.61. The van der Waals surface area contributed by atoms with E-state index in [4.69, 9.17) is 9.47 Å². The van der Waals surface area contributed by atoms with Crippen LogP contribution in [0.5, 0.6) is 11.5 Å². The number of nitrogens with one attached hydrogen (secondary N) is 1. The van der Waals surface area contributed by atoms with E-state index in [1.807, 2.05) is 47.8 Å². The highest BCUT2D eigenvalue weighted by atomic mass is 32.1. The van der Waals surface area contributed by atoms with E-state index in [1.54, 1.807) is 11.3 Å². The van der Waals surface area contributed by atoms with Crippen LogP contribution in [0.4, 0.5) is 5.82 Å². The maximum absolute atomic E-state index is 12.6. The number of amides is 1. The van der Waals surface area contributed by atoms with Crippen molar-refractivity contribution in [2.75, 3.05) is 24.8 Å². The van der Waals surface area contributed by atoms with Crippen molar-refractivity contribution in [1.29, 1.82) is 0 Å². The summed E-state index contributed by atoms with van der Waals surface area (Å²) in [5.74, 6) is 2.49. The fraction of sp³-hybridized carbons (Fsp3) is 0.318. The lowest BCUT2D eigenvalue weighted by Gasteiger charge is -2.31. The Morgan fingerprint density at radius 3 is 2.73 bits per heavy atom. The van der Waals surface area contributed by atoms with Crippen LogP contribution in [0.1, 0.15) is 18.4 Å². The predicted molar refractivity (Wildman–Crippen MR) is 115 cm³/mol. The van der Waals surface area contributed by atoms with Crippen molar-refractivity contribution in [3.63, 3.8) is 0 Å². The Labute approximate surface area is 178 Å². The topological polar surface area (TPSA) is 76.6 Å². The second-order valence-corrected chi connectivity index (χ2v) is 8.37. The van der Waals surface area contributed by atoms with Crippen molar-refractivity contribution in [2.24, 2.45) is 5.92 Å². The van der Waals surface area contributed by atoms with Crippen LogP contribution in [-0.2, 0) is 11.3 Å². The molecule has 30 heavy (non-hydrogen) atoms. The van der Waals surface area contributed by atoms with Gasteiger partial charge in [0, 0.05) is 25.6 Å². The molecule has 0 atom stereocenters. The van der Waals surface area contributed by atoms with Crippen LogP contribution >= 0.6 is 11.3 Å². The zero-order chi connectivity index (χ0) is 20.3. The van der Waals surface area contributed by atoms with Crippen LogP contribution in [0.3, 0.4) is 0 Å². The van der Waals surface area contributed by atoms with Gasteiger partial charge in [-0.3, -0.25) is 4.79 Å². The lowest BCUT2D eigenvalue weighted by atomic mass is 9.96. The maximum atomic E-state index is 12.6. The van der Waals surface area contributed by atoms with Gasteiger partial charge in [-0.1, -0.05) is 12.1 Å². The number of carbonyl (C=O) groups excluding carboxylic acids is 1. The molecule has 7 nitrogen and oxygen atoms in total. The van der Waals surface area contributed by atoms with E-state index in [0.717, 1.165) is 59.4 Å². The summed E-state index contributed by atoms with van der Waals surface area (Å²) in [7, 11) is 0. The third-order valence-corrected chi connectivity index (χ3v) is 6.41. The Hall–Kier alpha value is -3.13. The molecule has 2 aliphatic heterocycles. The van der Waals surface area contributed by atoms with Crippen LogP contribution in [-0.4, -0.2) is 36.0 Å². The van der Waals surface area contributed by atoms with E-state index in [0.29, 0.717) is 6.54 Å². The summed E-state index contributed by atoms with van der Waals surface area (Å²) < 4.78 is 10.7. The Morgan fingerprint density at radius 2 is 1.97 bits per heavy atom. The number of ether oxygens (including phenoxy) is 2. The normalized spacial score (nSPS) is 15.9. The molecule has 1 saturated heterocycles. The average Bonchev–Trinajstić information content (AvgIpc) is 3.49. The van der Waals surface area contributed by atoms with Crippen molar-refractivity contribution in [2.45, 2.75) is 19.4 Å². The van der Waals surface area contributed by atoms with Gasteiger partial charge in [-0.05, 0) is 54.1 Å². The van der Waals surface area contributed by atoms with E-state index >= 15 is 0 Å². The first-order chi connectivity index (χ1) is 14.8. The number of hydrogen-bond donors (Lipinski definition) is 1. The Morgan fingerprint density at radius 1 is 1.10 bits per heavy atom. The number of fused-ring (bicyclic) bond motifs is 1. The lowest BCUT2D eigenvalue weighted by molar-refractivity contribution is -0.125. The van der Waals surface area contributed by atoms with Gasteiger partial charge in [-0.25, -0.2) is 0 Å². The van der Waals surface area contributed by atoms with Crippen molar-refractivity contribution < 1.29 is 14.3 Å². The molecule has 1 aromatic carbocycles. The van der Waals surface area contributed by atoms with Crippen molar-refractivity contribution in [3.05, 3.63) is 53.4 Å². The van der Waals surface area contributed by atoms with Crippen molar-refractivity contribution >= 4 is 23.1 Å². The number of thiophene rings is 1. The van der Waals surface area contributed by atoms with Crippen LogP contribution < -0.4 is 19.7 Å². The number of carbonyl (C=O) groups is 1. The molecule has 1 N–H and O–H groups in total. The Kier molecular flexibility index (Phi) is 5.23. The first-order valence-corrected chi connectivity index (χ1v) is 10.9. The largest absolute Gasteiger partial charge is 0.454 e. The minimum Gasteiger partial charge on any atom is -0.454 e. The lowest BCUT2D eigenvalue weighted by Crippen LogP contribution is -2.40. The SMILES string of the molecule is O=C(NCc1ccc2c(c1)OCO2)C1CCN(c2ccc(-c3cccs3)nn2)CC1. The van der Waals surface area contributed by atoms with E-state index in [-0.39, 0.29) is 18.6 Å². The van der Waals surface area contributed by atoms with Gasteiger partial charge in [0.05, 0.1) is 4.88 Å². The molecule has 0 bridgehead atoms. The van der Waals surface area contributed by atoms with Gasteiger partial charge in [-0.2, -0.15) is 0 Å². The molecule has 154 valence electrons.